The Morgan fingerprint density at radius 3 is 2.03 bits per heavy atom. The van der Waals surface area contributed by atoms with E-state index in [1.165, 1.54) is 12.5 Å². The first-order valence-electron chi connectivity index (χ1n) is 11.6. The van der Waals surface area contributed by atoms with Crippen LogP contribution in [0.2, 0.25) is 0 Å². The number of nitrogens with two attached hydrogens (primary N) is 2. The largest absolute Gasteiger partial charge is 0.480 e. The number of hydrogen-bond acceptors (Lipinski definition) is 7. The van der Waals surface area contributed by atoms with Crippen LogP contribution in [-0.4, -0.2) is 68.8 Å². The van der Waals surface area contributed by atoms with Crippen molar-refractivity contribution in [3.63, 3.8) is 0 Å². The van der Waals surface area contributed by atoms with Gasteiger partial charge in [0.25, 0.3) is 0 Å². The van der Waals surface area contributed by atoms with E-state index in [2.05, 4.69) is 25.9 Å². The van der Waals surface area contributed by atoms with Crippen molar-refractivity contribution in [2.75, 3.05) is 0 Å². The minimum Gasteiger partial charge on any atom is -0.480 e. The summed E-state index contributed by atoms with van der Waals surface area (Å²) in [6.07, 6.45) is 3.53. The normalized spacial score (nSPS) is 16.1. The van der Waals surface area contributed by atoms with Crippen LogP contribution < -0.4 is 27.4 Å². The van der Waals surface area contributed by atoms with Gasteiger partial charge in [0.05, 0.1) is 18.8 Å². The van der Waals surface area contributed by atoms with Crippen molar-refractivity contribution in [2.24, 2.45) is 23.3 Å². The second-order valence-electron chi connectivity index (χ2n) is 8.70. The zero-order valence-corrected chi connectivity index (χ0v) is 20.5. The number of imidazole rings is 1. The molecule has 1 aromatic rings. The SMILES string of the molecule is CCC(C)C(NC(=O)C(Cc1cnc[nH]1)NC(=O)C(NC(=O)C(N)CC(N)=O)C(C)CC)C(=O)O. The molecule has 35 heavy (non-hydrogen) atoms. The molecule has 0 spiro atoms. The number of primary amides is 1. The molecule has 0 aliphatic rings. The Balaban J connectivity index is 3.12. The van der Waals surface area contributed by atoms with Crippen molar-refractivity contribution in [3.05, 3.63) is 18.2 Å². The molecule has 9 N–H and O–H groups in total. The monoisotopic (exact) mass is 495 g/mol. The highest BCUT2D eigenvalue weighted by atomic mass is 16.4. The van der Waals surface area contributed by atoms with Crippen molar-refractivity contribution in [1.82, 2.24) is 25.9 Å². The molecule has 0 saturated heterocycles. The zero-order chi connectivity index (χ0) is 26.7. The van der Waals surface area contributed by atoms with Crippen molar-refractivity contribution < 1.29 is 29.1 Å². The minimum atomic E-state index is -1.23. The molecule has 196 valence electrons. The number of nitrogens with one attached hydrogen (secondary N) is 4. The van der Waals surface area contributed by atoms with Gasteiger partial charge in [0, 0.05) is 18.3 Å². The Morgan fingerprint density at radius 1 is 0.971 bits per heavy atom. The number of aromatic amines is 1. The Bertz CT molecular complexity index is 876. The topological polar surface area (TPSA) is 222 Å². The predicted octanol–water partition coefficient (Wildman–Crippen LogP) is -1.21. The van der Waals surface area contributed by atoms with Crippen molar-refractivity contribution in [1.29, 1.82) is 0 Å². The summed E-state index contributed by atoms with van der Waals surface area (Å²) < 4.78 is 0. The number of rotatable bonds is 15. The lowest BCUT2D eigenvalue weighted by Crippen LogP contribution is -2.59. The smallest absolute Gasteiger partial charge is 0.326 e. The lowest BCUT2D eigenvalue weighted by atomic mass is 9.96. The molecule has 0 fully saturated rings. The minimum absolute atomic E-state index is 0.00673. The van der Waals surface area contributed by atoms with Crippen LogP contribution in [0.5, 0.6) is 0 Å². The number of carboxylic acids is 1. The Kier molecular flexibility index (Phi) is 11.9. The first-order valence-corrected chi connectivity index (χ1v) is 11.6. The quantitative estimate of drug-likeness (QED) is 0.156. The predicted molar refractivity (Wildman–Crippen MR) is 126 cm³/mol. The first-order chi connectivity index (χ1) is 16.4. The highest BCUT2D eigenvalue weighted by Crippen LogP contribution is 2.12. The number of carboxylic acid groups (broad SMARTS) is 1. The second-order valence-corrected chi connectivity index (χ2v) is 8.70. The van der Waals surface area contributed by atoms with E-state index in [0.29, 0.717) is 18.5 Å². The summed E-state index contributed by atoms with van der Waals surface area (Å²) in [5.74, 6) is -4.73. The molecule has 0 aliphatic carbocycles. The van der Waals surface area contributed by atoms with Gasteiger partial charge in [0.1, 0.15) is 18.1 Å². The third-order valence-corrected chi connectivity index (χ3v) is 5.94. The number of H-pyrrole nitrogens is 1. The molecule has 0 aromatic carbocycles. The molecule has 0 radical (unpaired) electrons. The zero-order valence-electron chi connectivity index (χ0n) is 20.5. The van der Waals surface area contributed by atoms with Gasteiger partial charge in [-0.15, -0.1) is 0 Å². The third kappa shape index (κ3) is 9.35. The summed E-state index contributed by atoms with van der Waals surface area (Å²) >= 11 is 0. The number of aliphatic carboxylic acids is 1. The maximum atomic E-state index is 13.2. The fourth-order valence-electron chi connectivity index (χ4n) is 3.30. The highest BCUT2D eigenvalue weighted by molar-refractivity contribution is 5.95. The van der Waals surface area contributed by atoms with Crippen LogP contribution in [-0.2, 0) is 30.4 Å². The third-order valence-electron chi connectivity index (χ3n) is 5.94. The molecule has 1 heterocycles. The van der Waals surface area contributed by atoms with Crippen LogP contribution in [0.4, 0.5) is 0 Å². The van der Waals surface area contributed by atoms with Crippen LogP contribution in [0.3, 0.4) is 0 Å². The van der Waals surface area contributed by atoms with Gasteiger partial charge in [-0.2, -0.15) is 0 Å². The Hall–Kier alpha value is -3.48. The Morgan fingerprint density at radius 2 is 1.54 bits per heavy atom. The van der Waals surface area contributed by atoms with E-state index in [0.717, 1.165) is 0 Å². The van der Waals surface area contributed by atoms with Gasteiger partial charge in [-0.25, -0.2) is 9.78 Å². The molecular formula is C22H37N7O6. The van der Waals surface area contributed by atoms with E-state index >= 15 is 0 Å². The summed E-state index contributed by atoms with van der Waals surface area (Å²) in [6, 6.07) is -4.60. The van der Waals surface area contributed by atoms with Gasteiger partial charge >= 0.3 is 5.97 Å². The van der Waals surface area contributed by atoms with Gasteiger partial charge in [-0.3, -0.25) is 19.2 Å². The van der Waals surface area contributed by atoms with E-state index in [-0.39, 0.29) is 18.3 Å². The maximum Gasteiger partial charge on any atom is 0.326 e. The van der Waals surface area contributed by atoms with E-state index in [4.69, 9.17) is 11.5 Å². The fourth-order valence-corrected chi connectivity index (χ4v) is 3.30. The fraction of sp³-hybridized carbons (Fsp3) is 0.636. The van der Waals surface area contributed by atoms with Crippen LogP contribution in [0.1, 0.15) is 52.7 Å². The molecule has 4 amide bonds. The number of carbonyl (C=O) groups excluding carboxylic acids is 4. The van der Waals surface area contributed by atoms with Crippen molar-refractivity contribution >= 4 is 29.6 Å². The lowest BCUT2D eigenvalue weighted by molar-refractivity contribution is -0.143. The van der Waals surface area contributed by atoms with Gasteiger partial charge in [-0.1, -0.05) is 40.5 Å². The maximum absolute atomic E-state index is 13.2. The van der Waals surface area contributed by atoms with E-state index in [1.807, 2.05) is 6.92 Å². The number of amides is 4. The highest BCUT2D eigenvalue weighted by Gasteiger charge is 2.34. The average Bonchev–Trinajstić information content (AvgIpc) is 3.31. The number of aromatic nitrogens is 2. The molecule has 13 heteroatoms. The number of hydrogen-bond donors (Lipinski definition) is 7. The molecule has 13 nitrogen and oxygen atoms in total. The molecule has 6 atom stereocenters. The van der Waals surface area contributed by atoms with Crippen LogP contribution in [0.15, 0.2) is 12.5 Å². The van der Waals surface area contributed by atoms with E-state index in [1.54, 1.807) is 20.8 Å². The van der Waals surface area contributed by atoms with Gasteiger partial charge in [0.15, 0.2) is 0 Å². The molecular weight excluding hydrogens is 458 g/mol. The van der Waals surface area contributed by atoms with Gasteiger partial charge in [-0.05, 0) is 11.8 Å². The van der Waals surface area contributed by atoms with Crippen LogP contribution >= 0.6 is 0 Å². The Labute approximate surface area is 204 Å². The van der Waals surface area contributed by atoms with E-state index < -0.39 is 60.2 Å². The average molecular weight is 496 g/mol. The summed E-state index contributed by atoms with van der Waals surface area (Å²) in [6.45, 7) is 7.06. The van der Waals surface area contributed by atoms with E-state index in [9.17, 15) is 29.1 Å². The molecule has 6 unspecified atom stereocenters. The summed E-state index contributed by atoms with van der Waals surface area (Å²) in [7, 11) is 0. The van der Waals surface area contributed by atoms with Gasteiger partial charge in [0.2, 0.25) is 23.6 Å². The second kappa shape index (κ2) is 14.0. The van der Waals surface area contributed by atoms with Crippen LogP contribution in [0.25, 0.3) is 0 Å². The molecule has 0 bridgehead atoms. The molecule has 0 saturated carbocycles. The van der Waals surface area contributed by atoms with Crippen molar-refractivity contribution in [2.45, 2.75) is 77.5 Å². The lowest BCUT2D eigenvalue weighted by Gasteiger charge is -2.28. The summed E-state index contributed by atoms with van der Waals surface area (Å²) in [4.78, 5) is 68.2. The first kappa shape index (κ1) is 29.6. The standard InChI is InChI=1S/C22H37N7O6/c1-5-11(3)17(28-19(31)14(23)8-16(24)30)21(33)27-15(7-13-9-25-10-26-13)20(32)29-18(22(34)35)12(4)6-2/h9-12,14-15,17-18H,5-8,23H2,1-4H3,(H2,24,30)(H,25,26)(H,27,33)(H,28,31)(H,29,32)(H,34,35). The molecule has 1 aromatic heterocycles. The van der Waals surface area contributed by atoms with Crippen molar-refractivity contribution in [3.8, 4) is 0 Å². The van der Waals surface area contributed by atoms with Crippen LogP contribution in [0, 0.1) is 11.8 Å². The summed E-state index contributed by atoms with van der Waals surface area (Å²) in [5.41, 5.74) is 11.3. The number of nitrogens with zero attached hydrogens (tertiary/aromatic N) is 1. The molecule has 0 aliphatic heterocycles. The molecule has 1 rings (SSSR count). The van der Waals surface area contributed by atoms with Gasteiger partial charge < -0.3 is 37.5 Å². The summed E-state index contributed by atoms with van der Waals surface area (Å²) in [5, 5.41) is 17.2. The number of carbonyl (C=O) groups is 5.